The Morgan fingerprint density at radius 1 is 1.19 bits per heavy atom. The topological polar surface area (TPSA) is 68.2 Å². The van der Waals surface area contributed by atoms with Crippen LogP contribution in [0.25, 0.3) is 10.8 Å². The first-order valence-corrected chi connectivity index (χ1v) is 9.11. The highest BCUT2D eigenvalue weighted by Crippen LogP contribution is 2.27. The van der Waals surface area contributed by atoms with E-state index in [-0.39, 0.29) is 5.91 Å². The minimum absolute atomic E-state index is 0.0273. The van der Waals surface area contributed by atoms with Crippen molar-refractivity contribution in [2.75, 3.05) is 13.7 Å². The first-order chi connectivity index (χ1) is 12.6. The molecular weight excluding hydrogens is 348 g/mol. The fraction of sp³-hybridized carbons (Fsp3) is 0.263. The van der Waals surface area contributed by atoms with Crippen LogP contribution in [0, 0.1) is 6.92 Å². The summed E-state index contributed by atoms with van der Waals surface area (Å²) in [5.74, 6) is 1.31. The summed E-state index contributed by atoms with van der Waals surface area (Å²) in [5, 5.41) is 0.659. The fourth-order valence-electron chi connectivity index (χ4n) is 2.52. The third-order valence-corrected chi connectivity index (χ3v) is 5.09. The number of benzene rings is 1. The average Bonchev–Trinajstić information content (AvgIpc) is 3.08. The van der Waals surface area contributed by atoms with E-state index in [1.165, 1.54) is 11.3 Å². The Kier molecular flexibility index (Phi) is 5.58. The van der Waals surface area contributed by atoms with Crippen molar-refractivity contribution in [1.29, 1.82) is 0 Å². The highest BCUT2D eigenvalue weighted by atomic mass is 32.1. The summed E-state index contributed by atoms with van der Waals surface area (Å²) in [6.07, 6.45) is 3.34. The zero-order chi connectivity index (χ0) is 18.5. The summed E-state index contributed by atoms with van der Waals surface area (Å²) < 4.78 is 5.18. The molecule has 2 heterocycles. The molecule has 0 aliphatic carbocycles. The van der Waals surface area contributed by atoms with E-state index in [1.807, 2.05) is 38.1 Å². The first kappa shape index (κ1) is 18.0. The van der Waals surface area contributed by atoms with E-state index in [0.717, 1.165) is 11.3 Å². The molecule has 0 radical (unpaired) electrons. The third-order valence-electron chi connectivity index (χ3n) is 3.95. The number of carbonyl (C=O) groups excluding carboxylic acids is 1. The average molecular weight is 368 g/mol. The largest absolute Gasteiger partial charge is 0.497 e. The monoisotopic (exact) mass is 368 g/mol. The van der Waals surface area contributed by atoms with E-state index >= 15 is 0 Å². The van der Waals surface area contributed by atoms with Gasteiger partial charge in [0, 0.05) is 25.5 Å². The van der Waals surface area contributed by atoms with Crippen LogP contribution in [0.5, 0.6) is 5.75 Å². The molecule has 1 aromatic carbocycles. The minimum atomic E-state index is -0.0273. The van der Waals surface area contributed by atoms with E-state index in [9.17, 15) is 4.79 Å². The van der Waals surface area contributed by atoms with E-state index in [1.54, 1.807) is 30.5 Å². The van der Waals surface area contributed by atoms with Crippen LogP contribution in [0.1, 0.15) is 27.9 Å². The molecule has 7 heteroatoms. The van der Waals surface area contributed by atoms with Crippen molar-refractivity contribution in [3.63, 3.8) is 0 Å². The molecule has 3 rings (SSSR count). The molecule has 134 valence electrons. The van der Waals surface area contributed by atoms with Gasteiger partial charge in [-0.25, -0.2) is 15.0 Å². The second kappa shape index (κ2) is 8.05. The Balaban J connectivity index is 1.81. The second-order valence-corrected chi connectivity index (χ2v) is 6.67. The molecule has 3 aromatic rings. The maximum absolute atomic E-state index is 13.0. The molecule has 0 aliphatic heterocycles. The van der Waals surface area contributed by atoms with Crippen LogP contribution in [0.3, 0.4) is 0 Å². The zero-order valence-electron chi connectivity index (χ0n) is 15.0. The molecule has 0 bridgehead atoms. The van der Waals surface area contributed by atoms with Crippen LogP contribution < -0.4 is 4.74 Å². The molecular formula is C19H20N4O2S. The number of ether oxygens (including phenoxy) is 1. The van der Waals surface area contributed by atoms with E-state index in [4.69, 9.17) is 4.74 Å². The number of amides is 1. The summed E-state index contributed by atoms with van der Waals surface area (Å²) in [6, 6.07) is 9.49. The summed E-state index contributed by atoms with van der Waals surface area (Å²) >= 11 is 1.33. The van der Waals surface area contributed by atoms with E-state index in [0.29, 0.717) is 34.5 Å². The second-order valence-electron chi connectivity index (χ2n) is 5.67. The number of nitrogens with zero attached hydrogens (tertiary/aromatic N) is 4. The van der Waals surface area contributed by atoms with Crippen molar-refractivity contribution in [2.45, 2.75) is 20.4 Å². The van der Waals surface area contributed by atoms with E-state index in [2.05, 4.69) is 15.0 Å². The number of methoxy groups -OCH3 is 1. The maximum Gasteiger partial charge on any atom is 0.266 e. The van der Waals surface area contributed by atoms with Gasteiger partial charge >= 0.3 is 0 Å². The molecule has 2 aromatic heterocycles. The Morgan fingerprint density at radius 3 is 2.50 bits per heavy atom. The van der Waals surface area contributed by atoms with Crippen molar-refractivity contribution in [2.24, 2.45) is 0 Å². The van der Waals surface area contributed by atoms with Crippen molar-refractivity contribution < 1.29 is 9.53 Å². The lowest BCUT2D eigenvalue weighted by atomic mass is 10.2. The van der Waals surface area contributed by atoms with Crippen LogP contribution in [-0.4, -0.2) is 39.4 Å². The summed E-state index contributed by atoms with van der Waals surface area (Å²) in [5.41, 5.74) is 1.76. The summed E-state index contributed by atoms with van der Waals surface area (Å²) in [6.45, 7) is 4.96. The predicted octanol–water partition coefficient (Wildman–Crippen LogP) is 3.58. The number of carbonyl (C=O) groups is 1. The number of hydrogen-bond acceptors (Lipinski definition) is 6. The van der Waals surface area contributed by atoms with Gasteiger partial charge < -0.3 is 9.64 Å². The Hall–Kier alpha value is -2.80. The maximum atomic E-state index is 13.0. The van der Waals surface area contributed by atoms with Gasteiger partial charge in [-0.1, -0.05) is 12.1 Å². The van der Waals surface area contributed by atoms with E-state index < -0.39 is 0 Å². The molecule has 0 atom stereocenters. The Bertz CT molecular complexity index is 878. The first-order valence-electron chi connectivity index (χ1n) is 8.29. The lowest BCUT2D eigenvalue weighted by Crippen LogP contribution is -2.30. The smallest absolute Gasteiger partial charge is 0.266 e. The number of thiazole rings is 1. The third kappa shape index (κ3) is 3.88. The van der Waals surface area contributed by atoms with Gasteiger partial charge in [0.2, 0.25) is 0 Å². The number of hydrogen-bond donors (Lipinski definition) is 0. The SMILES string of the molecule is CCN(Cc1ccc(OC)cc1)C(=O)c1sc(-c2ncccn2)nc1C. The van der Waals surface area contributed by atoms with Gasteiger partial charge in [0.1, 0.15) is 10.6 Å². The molecule has 0 N–H and O–H groups in total. The fourth-order valence-corrected chi connectivity index (χ4v) is 3.50. The standard InChI is InChI=1S/C19H20N4O2S/c1-4-23(12-14-6-8-15(25-3)9-7-14)19(24)16-13(2)22-18(26-16)17-20-10-5-11-21-17/h5-11H,4,12H2,1-3H3. The zero-order valence-corrected chi connectivity index (χ0v) is 15.8. The van der Waals surface area contributed by atoms with Gasteiger partial charge in [0.05, 0.1) is 12.8 Å². The van der Waals surface area contributed by atoms with Crippen LogP contribution in [0.4, 0.5) is 0 Å². The van der Waals surface area contributed by atoms with Crippen molar-refractivity contribution >= 4 is 17.2 Å². The molecule has 1 amide bonds. The van der Waals surface area contributed by atoms with Gasteiger partial charge in [-0.3, -0.25) is 4.79 Å². The van der Waals surface area contributed by atoms with Crippen LogP contribution in [0.15, 0.2) is 42.7 Å². The lowest BCUT2D eigenvalue weighted by Gasteiger charge is -2.20. The molecule has 0 saturated carbocycles. The molecule has 0 aliphatic rings. The molecule has 6 nitrogen and oxygen atoms in total. The van der Waals surface area contributed by atoms with Crippen LogP contribution in [0.2, 0.25) is 0 Å². The Morgan fingerprint density at radius 2 is 1.88 bits per heavy atom. The molecule has 0 unspecified atom stereocenters. The van der Waals surface area contributed by atoms with Gasteiger partial charge in [0.15, 0.2) is 10.8 Å². The van der Waals surface area contributed by atoms with Crippen molar-refractivity contribution in [3.05, 3.63) is 58.9 Å². The number of aryl methyl sites for hydroxylation is 1. The van der Waals surface area contributed by atoms with Crippen LogP contribution >= 0.6 is 11.3 Å². The Labute approximate surface area is 156 Å². The lowest BCUT2D eigenvalue weighted by molar-refractivity contribution is 0.0756. The molecule has 0 fully saturated rings. The normalized spacial score (nSPS) is 10.6. The molecule has 0 saturated heterocycles. The van der Waals surface area contributed by atoms with Gasteiger partial charge in [-0.2, -0.15) is 0 Å². The highest BCUT2D eigenvalue weighted by molar-refractivity contribution is 7.17. The summed E-state index contributed by atoms with van der Waals surface area (Å²) in [4.78, 5) is 28.3. The number of aromatic nitrogens is 3. The number of rotatable bonds is 6. The van der Waals surface area contributed by atoms with Gasteiger partial charge in [-0.05, 0) is 37.6 Å². The molecule has 0 spiro atoms. The van der Waals surface area contributed by atoms with Gasteiger partial charge in [0.25, 0.3) is 5.91 Å². The molecule has 26 heavy (non-hydrogen) atoms. The highest BCUT2D eigenvalue weighted by Gasteiger charge is 2.22. The minimum Gasteiger partial charge on any atom is -0.497 e. The van der Waals surface area contributed by atoms with Crippen molar-refractivity contribution in [3.8, 4) is 16.6 Å². The van der Waals surface area contributed by atoms with Crippen LogP contribution in [-0.2, 0) is 6.54 Å². The van der Waals surface area contributed by atoms with Crippen molar-refractivity contribution in [1.82, 2.24) is 19.9 Å². The predicted molar refractivity (Wildman–Crippen MR) is 101 cm³/mol. The quantitative estimate of drug-likeness (QED) is 0.665. The van der Waals surface area contributed by atoms with Gasteiger partial charge in [-0.15, -0.1) is 11.3 Å². The summed E-state index contributed by atoms with van der Waals surface area (Å²) in [7, 11) is 1.64.